The van der Waals surface area contributed by atoms with Crippen molar-refractivity contribution in [2.75, 3.05) is 24.3 Å². The normalized spacial score (nSPS) is 10.2. The average Bonchev–Trinajstić information content (AvgIpc) is 2.38. The van der Waals surface area contributed by atoms with Crippen LogP contribution in [0.25, 0.3) is 0 Å². The minimum absolute atomic E-state index is 0.196. The Bertz CT molecular complexity index is 695. The lowest BCUT2D eigenvalue weighted by molar-refractivity contribution is 0.102. The Morgan fingerprint density at radius 3 is 2.65 bits per heavy atom. The van der Waals surface area contributed by atoms with Crippen molar-refractivity contribution in [3.63, 3.8) is 0 Å². The molecule has 1 heterocycles. The third-order valence-corrected chi connectivity index (χ3v) is 2.94. The van der Waals surface area contributed by atoms with E-state index in [9.17, 15) is 9.59 Å². The number of halogens is 1. The van der Waals surface area contributed by atoms with Gasteiger partial charge in [-0.2, -0.15) is 0 Å². The van der Waals surface area contributed by atoms with Crippen molar-refractivity contribution in [1.82, 2.24) is 4.98 Å². The first kappa shape index (κ1) is 14.1. The summed E-state index contributed by atoms with van der Waals surface area (Å²) in [7, 11) is 3.73. The number of nitrogens with one attached hydrogen (secondary N) is 2. The molecule has 0 aliphatic heterocycles. The van der Waals surface area contributed by atoms with Gasteiger partial charge in [-0.05, 0) is 24.3 Å². The van der Waals surface area contributed by atoms with Crippen LogP contribution in [-0.2, 0) is 0 Å². The Hall–Kier alpha value is -2.27. The number of amides is 1. The molecule has 0 fully saturated rings. The van der Waals surface area contributed by atoms with Crippen molar-refractivity contribution in [2.24, 2.45) is 0 Å². The smallest absolute Gasteiger partial charge is 0.272 e. The van der Waals surface area contributed by atoms with Crippen LogP contribution < -0.4 is 15.8 Å². The Kier molecular flexibility index (Phi) is 4.10. The molecule has 2 aromatic rings. The summed E-state index contributed by atoms with van der Waals surface area (Å²) in [6.45, 7) is 0. The zero-order valence-electron chi connectivity index (χ0n) is 11.1. The van der Waals surface area contributed by atoms with Crippen LogP contribution in [0.1, 0.15) is 10.5 Å². The van der Waals surface area contributed by atoms with Crippen LogP contribution in [0.4, 0.5) is 11.4 Å². The van der Waals surface area contributed by atoms with Gasteiger partial charge in [0.15, 0.2) is 0 Å². The molecule has 1 aromatic carbocycles. The zero-order valence-corrected chi connectivity index (χ0v) is 11.9. The number of aromatic nitrogens is 1. The van der Waals surface area contributed by atoms with Crippen LogP contribution in [-0.4, -0.2) is 25.0 Å². The van der Waals surface area contributed by atoms with Gasteiger partial charge in [0.2, 0.25) is 5.56 Å². The molecule has 1 amide bonds. The summed E-state index contributed by atoms with van der Waals surface area (Å²) in [5.41, 5.74) is 1.27. The van der Waals surface area contributed by atoms with Gasteiger partial charge in [0.25, 0.3) is 5.91 Å². The number of hydrogen-bond donors (Lipinski definition) is 2. The highest BCUT2D eigenvalue weighted by molar-refractivity contribution is 6.31. The van der Waals surface area contributed by atoms with Crippen molar-refractivity contribution in [3.05, 3.63) is 57.5 Å². The van der Waals surface area contributed by atoms with Crippen LogP contribution in [0, 0.1) is 0 Å². The maximum atomic E-state index is 12.1. The molecule has 0 saturated heterocycles. The van der Waals surface area contributed by atoms with Crippen molar-refractivity contribution in [1.29, 1.82) is 0 Å². The highest BCUT2D eigenvalue weighted by atomic mass is 35.5. The molecule has 0 radical (unpaired) electrons. The molecule has 2 rings (SSSR count). The molecule has 1 aromatic heterocycles. The van der Waals surface area contributed by atoms with E-state index in [4.69, 9.17) is 11.6 Å². The van der Waals surface area contributed by atoms with E-state index in [0.717, 1.165) is 5.69 Å². The second kappa shape index (κ2) is 5.79. The summed E-state index contributed by atoms with van der Waals surface area (Å²) in [5, 5.41) is 3.26. The first-order chi connectivity index (χ1) is 9.47. The molecule has 104 valence electrons. The van der Waals surface area contributed by atoms with Gasteiger partial charge < -0.3 is 15.2 Å². The fraction of sp³-hybridized carbons (Fsp3) is 0.143. The third-order valence-electron chi connectivity index (χ3n) is 2.70. The van der Waals surface area contributed by atoms with E-state index in [1.54, 1.807) is 12.1 Å². The van der Waals surface area contributed by atoms with Crippen molar-refractivity contribution < 1.29 is 4.79 Å². The molecule has 0 spiro atoms. The Balaban J connectivity index is 2.32. The monoisotopic (exact) mass is 291 g/mol. The second-order valence-electron chi connectivity index (χ2n) is 4.44. The van der Waals surface area contributed by atoms with Crippen LogP contribution >= 0.6 is 11.6 Å². The van der Waals surface area contributed by atoms with Crippen LogP contribution in [0.15, 0.2) is 41.2 Å². The van der Waals surface area contributed by atoms with E-state index in [1.807, 2.05) is 25.1 Å². The summed E-state index contributed by atoms with van der Waals surface area (Å²) in [5.74, 6) is -0.395. The molecule has 0 aliphatic rings. The van der Waals surface area contributed by atoms with Gasteiger partial charge in [-0.15, -0.1) is 0 Å². The van der Waals surface area contributed by atoms with Crippen LogP contribution in [0.5, 0.6) is 0 Å². The van der Waals surface area contributed by atoms with Gasteiger partial charge in [-0.3, -0.25) is 9.59 Å². The predicted octanol–water partition coefficient (Wildman–Crippen LogP) is 2.35. The Morgan fingerprint density at radius 2 is 2.00 bits per heavy atom. The van der Waals surface area contributed by atoms with E-state index in [2.05, 4.69) is 10.3 Å². The standard InChI is InChI=1S/C14H14ClN3O2/c1-18(2)12-7-6-9(15)8-11(12)17-14(20)10-4-3-5-13(19)16-10/h3-8H,1-2H3,(H,16,19)(H,17,20). The topological polar surface area (TPSA) is 65.2 Å². The number of aromatic amines is 1. The van der Waals surface area contributed by atoms with Gasteiger partial charge >= 0.3 is 0 Å². The Labute approximate surface area is 121 Å². The van der Waals surface area contributed by atoms with E-state index in [0.29, 0.717) is 10.7 Å². The number of benzene rings is 1. The van der Waals surface area contributed by atoms with E-state index in [-0.39, 0.29) is 11.3 Å². The van der Waals surface area contributed by atoms with Crippen molar-refractivity contribution in [3.8, 4) is 0 Å². The summed E-state index contributed by atoms with van der Waals surface area (Å²) in [6.07, 6.45) is 0. The number of pyridine rings is 1. The van der Waals surface area contributed by atoms with Gasteiger partial charge in [0.1, 0.15) is 5.69 Å². The lowest BCUT2D eigenvalue weighted by Gasteiger charge is -2.18. The first-order valence-corrected chi connectivity index (χ1v) is 6.33. The fourth-order valence-electron chi connectivity index (χ4n) is 1.77. The summed E-state index contributed by atoms with van der Waals surface area (Å²) in [6, 6.07) is 9.63. The fourth-order valence-corrected chi connectivity index (χ4v) is 1.94. The van der Waals surface area contributed by atoms with Gasteiger partial charge in [0.05, 0.1) is 11.4 Å². The maximum Gasteiger partial charge on any atom is 0.272 e. The predicted molar refractivity (Wildman–Crippen MR) is 80.8 cm³/mol. The molecule has 2 N–H and O–H groups in total. The molecule has 0 unspecified atom stereocenters. The number of H-pyrrole nitrogens is 1. The minimum Gasteiger partial charge on any atom is -0.376 e. The van der Waals surface area contributed by atoms with Crippen LogP contribution in [0.3, 0.4) is 0 Å². The maximum absolute atomic E-state index is 12.1. The lowest BCUT2D eigenvalue weighted by atomic mass is 10.2. The molecule has 20 heavy (non-hydrogen) atoms. The van der Waals surface area contributed by atoms with Crippen molar-refractivity contribution >= 4 is 28.9 Å². The van der Waals surface area contributed by atoms with Crippen LogP contribution in [0.2, 0.25) is 5.02 Å². The van der Waals surface area contributed by atoms with Crippen molar-refractivity contribution in [2.45, 2.75) is 0 Å². The van der Waals surface area contributed by atoms with E-state index < -0.39 is 5.91 Å². The largest absolute Gasteiger partial charge is 0.376 e. The van der Waals surface area contributed by atoms with Gasteiger partial charge in [-0.25, -0.2) is 0 Å². The SMILES string of the molecule is CN(C)c1ccc(Cl)cc1NC(=O)c1cccc(=O)[nH]1. The molecule has 0 saturated carbocycles. The third kappa shape index (κ3) is 3.19. The molecule has 0 bridgehead atoms. The second-order valence-corrected chi connectivity index (χ2v) is 4.88. The number of anilines is 2. The number of nitrogens with zero attached hydrogens (tertiary/aromatic N) is 1. The summed E-state index contributed by atoms with van der Waals surface area (Å²) < 4.78 is 0. The first-order valence-electron chi connectivity index (χ1n) is 5.95. The highest BCUT2D eigenvalue weighted by Gasteiger charge is 2.11. The quantitative estimate of drug-likeness (QED) is 0.912. The molecule has 0 aliphatic carbocycles. The summed E-state index contributed by atoms with van der Waals surface area (Å²) in [4.78, 5) is 27.7. The number of hydrogen-bond acceptors (Lipinski definition) is 3. The molecule has 6 heteroatoms. The molecular formula is C14H14ClN3O2. The number of carbonyl (C=O) groups excluding carboxylic acids is 1. The summed E-state index contributed by atoms with van der Waals surface area (Å²) >= 11 is 5.95. The lowest BCUT2D eigenvalue weighted by Crippen LogP contribution is -2.20. The van der Waals surface area contributed by atoms with Gasteiger partial charge in [0, 0.05) is 25.2 Å². The molecule has 0 atom stereocenters. The van der Waals surface area contributed by atoms with E-state index in [1.165, 1.54) is 18.2 Å². The van der Waals surface area contributed by atoms with Gasteiger partial charge in [-0.1, -0.05) is 17.7 Å². The number of carbonyl (C=O) groups is 1. The zero-order chi connectivity index (χ0) is 14.7. The minimum atomic E-state index is -0.395. The molecule has 5 nitrogen and oxygen atoms in total. The highest BCUT2D eigenvalue weighted by Crippen LogP contribution is 2.28. The Morgan fingerprint density at radius 1 is 1.25 bits per heavy atom. The van der Waals surface area contributed by atoms with E-state index >= 15 is 0 Å². The molecular weight excluding hydrogens is 278 g/mol. The average molecular weight is 292 g/mol. The number of rotatable bonds is 3.